The molecule has 2 aromatic rings. The predicted molar refractivity (Wildman–Crippen MR) is 105 cm³/mol. The molecule has 1 atom stereocenters. The fourth-order valence-corrected chi connectivity index (χ4v) is 3.51. The Morgan fingerprint density at radius 2 is 1.87 bits per heavy atom. The van der Waals surface area contributed by atoms with Gasteiger partial charge in [-0.05, 0) is 37.3 Å². The smallest absolute Gasteiger partial charge is 0.428 e. The molecule has 1 aliphatic heterocycles. The number of esters is 1. The van der Waals surface area contributed by atoms with Gasteiger partial charge in [-0.25, -0.2) is 4.79 Å². The fourth-order valence-electron chi connectivity index (χ4n) is 2.99. The second-order valence-corrected chi connectivity index (χ2v) is 7.24. The van der Waals surface area contributed by atoms with Crippen LogP contribution in [0.5, 0.6) is 0 Å². The molecule has 0 saturated heterocycles. The number of hydroxylamine groups is 1. The Balaban J connectivity index is 2.12. The van der Waals surface area contributed by atoms with Crippen molar-refractivity contribution in [3.8, 4) is 0 Å². The number of rotatable bonds is 5. The minimum absolute atomic E-state index is 0.00537. The van der Waals surface area contributed by atoms with Crippen molar-refractivity contribution >= 4 is 40.6 Å². The molecule has 3 rings (SSSR count). The van der Waals surface area contributed by atoms with Crippen LogP contribution in [0.4, 0.5) is 18.9 Å². The summed E-state index contributed by atoms with van der Waals surface area (Å²) in [5, 5.41) is 11.3. The Morgan fingerprint density at radius 3 is 2.42 bits per heavy atom. The summed E-state index contributed by atoms with van der Waals surface area (Å²) in [4.78, 5) is 27.4. The second kappa shape index (κ2) is 8.37. The van der Waals surface area contributed by atoms with Gasteiger partial charge in [-0.3, -0.25) is 20.4 Å². The van der Waals surface area contributed by atoms with Crippen LogP contribution in [-0.2, 0) is 15.2 Å². The number of carbonyl (C=O) groups is 1. The predicted octanol–water partition coefficient (Wildman–Crippen LogP) is 5.41. The lowest BCUT2D eigenvalue weighted by molar-refractivity contribution is -0.385. The maximum atomic E-state index is 14.1. The van der Waals surface area contributed by atoms with Gasteiger partial charge in [-0.2, -0.15) is 13.2 Å². The number of benzene rings is 2. The molecule has 12 heteroatoms. The van der Waals surface area contributed by atoms with Crippen LogP contribution < -0.4 is 5.48 Å². The molecular formula is C19H13Cl2F3N2O5. The van der Waals surface area contributed by atoms with Crippen molar-refractivity contribution in [3.05, 3.63) is 79.3 Å². The van der Waals surface area contributed by atoms with Crippen LogP contribution in [0.3, 0.4) is 0 Å². The normalized spacial score (nSPS) is 18.3. The van der Waals surface area contributed by atoms with Crippen LogP contribution in [0.1, 0.15) is 28.4 Å². The van der Waals surface area contributed by atoms with Gasteiger partial charge in [0.1, 0.15) is 5.56 Å². The van der Waals surface area contributed by atoms with Crippen LogP contribution >= 0.6 is 23.2 Å². The number of nitro benzene ring substituents is 1. The van der Waals surface area contributed by atoms with Gasteiger partial charge in [0.2, 0.25) is 5.60 Å². The Bertz CT molecular complexity index is 1070. The first-order chi connectivity index (χ1) is 14.5. The number of nitrogens with one attached hydrogen (secondary N) is 1. The van der Waals surface area contributed by atoms with Gasteiger partial charge in [0.15, 0.2) is 0 Å². The van der Waals surface area contributed by atoms with Gasteiger partial charge in [-0.1, -0.05) is 29.3 Å². The van der Waals surface area contributed by atoms with Crippen LogP contribution in [0.2, 0.25) is 10.0 Å². The third-order valence-corrected chi connectivity index (χ3v) is 4.82. The van der Waals surface area contributed by atoms with Crippen molar-refractivity contribution in [3.63, 3.8) is 0 Å². The minimum atomic E-state index is -4.94. The number of hydrogen-bond acceptors (Lipinski definition) is 6. The van der Waals surface area contributed by atoms with Gasteiger partial charge >= 0.3 is 12.1 Å². The molecule has 0 spiro atoms. The quantitative estimate of drug-likeness (QED) is 0.352. The third-order valence-electron chi connectivity index (χ3n) is 4.38. The summed E-state index contributed by atoms with van der Waals surface area (Å²) < 4.78 is 46.9. The molecule has 1 unspecified atom stereocenters. The van der Waals surface area contributed by atoms with E-state index in [0.717, 1.165) is 30.3 Å². The summed E-state index contributed by atoms with van der Waals surface area (Å²) in [6.45, 7) is 1.52. The number of halogens is 5. The third kappa shape index (κ3) is 4.32. The topological polar surface area (TPSA) is 90.7 Å². The van der Waals surface area contributed by atoms with E-state index in [-0.39, 0.29) is 33.5 Å². The zero-order chi connectivity index (χ0) is 23.0. The lowest BCUT2D eigenvalue weighted by Gasteiger charge is -2.28. The lowest BCUT2D eigenvalue weighted by atomic mass is 9.91. The van der Waals surface area contributed by atoms with Crippen molar-refractivity contribution < 1.29 is 32.5 Å². The Labute approximate surface area is 183 Å². The van der Waals surface area contributed by atoms with Crippen molar-refractivity contribution in [2.24, 2.45) is 0 Å². The zero-order valence-electron chi connectivity index (χ0n) is 15.6. The summed E-state index contributed by atoms with van der Waals surface area (Å²) in [5.74, 6) is -0.927. The summed E-state index contributed by atoms with van der Waals surface area (Å²) in [6.07, 6.45) is -4.22. The fraction of sp³-hybridized carbons (Fsp3) is 0.211. The molecule has 0 aromatic heterocycles. The molecule has 1 N–H and O–H groups in total. The van der Waals surface area contributed by atoms with Crippen molar-refractivity contribution in [1.29, 1.82) is 0 Å². The highest BCUT2D eigenvalue weighted by Gasteiger charge is 2.59. The molecule has 7 nitrogen and oxygen atoms in total. The second-order valence-electron chi connectivity index (χ2n) is 6.36. The maximum absolute atomic E-state index is 14.1. The number of alkyl halides is 3. The molecule has 2 aromatic carbocycles. The van der Waals surface area contributed by atoms with E-state index in [0.29, 0.717) is 0 Å². The SMILES string of the molecule is CCOC(=O)c1ccc(C2=CC(c3cc(Cl)cc(Cl)c3)(C(F)(F)F)ON2)cc1[N+](=O)[O-]. The maximum Gasteiger partial charge on any atom is 0.428 e. The monoisotopic (exact) mass is 476 g/mol. The largest absolute Gasteiger partial charge is 0.462 e. The number of carbonyl (C=O) groups excluding carboxylic acids is 1. The first kappa shape index (κ1) is 22.9. The number of nitrogens with zero attached hydrogens (tertiary/aromatic N) is 1. The van der Waals surface area contributed by atoms with Crippen LogP contribution in [0, 0.1) is 10.1 Å². The summed E-state index contributed by atoms with van der Waals surface area (Å²) >= 11 is 11.7. The van der Waals surface area contributed by atoms with E-state index < -0.39 is 33.9 Å². The standard InChI is InChI=1S/C19H13Cl2F3N2O5/c1-2-30-17(27)14-4-3-10(5-16(14)26(28)29)15-9-18(31-25-15,19(22,23)24)11-6-12(20)8-13(21)7-11/h3-9,25H,2H2,1H3. The Morgan fingerprint density at radius 1 is 1.23 bits per heavy atom. The number of ether oxygens (including phenoxy) is 1. The average Bonchev–Trinajstić information content (AvgIpc) is 3.14. The summed E-state index contributed by atoms with van der Waals surface area (Å²) in [5.41, 5.74) is -2.36. The molecule has 1 heterocycles. The minimum Gasteiger partial charge on any atom is -0.462 e. The van der Waals surface area contributed by atoms with Crippen LogP contribution in [0.15, 0.2) is 42.5 Å². The average molecular weight is 477 g/mol. The molecule has 164 valence electrons. The summed E-state index contributed by atoms with van der Waals surface area (Å²) in [7, 11) is 0. The van der Waals surface area contributed by atoms with E-state index in [1.54, 1.807) is 0 Å². The van der Waals surface area contributed by atoms with E-state index in [1.807, 2.05) is 0 Å². The highest BCUT2D eigenvalue weighted by Crippen LogP contribution is 2.48. The Kier molecular flexibility index (Phi) is 6.17. The van der Waals surface area contributed by atoms with E-state index in [2.05, 4.69) is 5.48 Å². The van der Waals surface area contributed by atoms with E-state index >= 15 is 0 Å². The zero-order valence-corrected chi connectivity index (χ0v) is 17.1. The Hall–Kier alpha value is -2.82. The van der Waals surface area contributed by atoms with Gasteiger partial charge < -0.3 is 4.74 Å². The molecule has 0 amide bonds. The van der Waals surface area contributed by atoms with E-state index in [4.69, 9.17) is 32.8 Å². The van der Waals surface area contributed by atoms with Crippen molar-refractivity contribution in [1.82, 2.24) is 5.48 Å². The van der Waals surface area contributed by atoms with Crippen molar-refractivity contribution in [2.75, 3.05) is 6.61 Å². The molecule has 0 fully saturated rings. The van der Waals surface area contributed by atoms with Gasteiger partial charge in [0, 0.05) is 27.2 Å². The van der Waals surface area contributed by atoms with E-state index in [1.165, 1.54) is 19.1 Å². The molecule has 0 saturated carbocycles. The van der Waals surface area contributed by atoms with Gasteiger partial charge in [0.05, 0.1) is 17.2 Å². The molecular weight excluding hydrogens is 464 g/mol. The first-order valence-corrected chi connectivity index (χ1v) is 9.40. The molecule has 0 bridgehead atoms. The van der Waals surface area contributed by atoms with Crippen LogP contribution in [0.25, 0.3) is 5.70 Å². The molecule has 0 aliphatic carbocycles. The number of nitro groups is 1. The summed E-state index contributed by atoms with van der Waals surface area (Å²) in [6, 6.07) is 6.65. The van der Waals surface area contributed by atoms with E-state index in [9.17, 15) is 28.1 Å². The molecule has 1 aliphatic rings. The van der Waals surface area contributed by atoms with Crippen molar-refractivity contribution in [2.45, 2.75) is 18.7 Å². The van der Waals surface area contributed by atoms with Crippen LogP contribution in [-0.4, -0.2) is 23.7 Å². The van der Waals surface area contributed by atoms with Gasteiger partial charge in [0.25, 0.3) is 5.69 Å². The highest BCUT2D eigenvalue weighted by atomic mass is 35.5. The molecule has 31 heavy (non-hydrogen) atoms. The first-order valence-electron chi connectivity index (χ1n) is 8.64. The lowest BCUT2D eigenvalue weighted by Crippen LogP contribution is -2.42. The highest BCUT2D eigenvalue weighted by molar-refractivity contribution is 6.34. The van der Waals surface area contributed by atoms with Gasteiger partial charge in [-0.15, -0.1) is 0 Å². The number of hydrogen-bond donors (Lipinski definition) is 1. The molecule has 0 radical (unpaired) electrons.